The lowest BCUT2D eigenvalue weighted by molar-refractivity contribution is 0.0847. The topological polar surface area (TPSA) is 53.1 Å². The summed E-state index contributed by atoms with van der Waals surface area (Å²) < 4.78 is 7.82. The van der Waals surface area contributed by atoms with Gasteiger partial charge in [-0.25, -0.2) is 4.98 Å². The van der Waals surface area contributed by atoms with Crippen LogP contribution in [0.15, 0.2) is 0 Å². The average molecular weight is 291 g/mol. The molecule has 2 fully saturated rings. The highest BCUT2D eigenvalue weighted by molar-refractivity contribution is 5.41. The molecule has 3 rings (SSSR count). The second-order valence-electron chi connectivity index (χ2n) is 6.61. The Bertz CT molecular complexity index is 457. The van der Waals surface area contributed by atoms with Crippen LogP contribution in [0.25, 0.3) is 0 Å². The summed E-state index contributed by atoms with van der Waals surface area (Å²) in [6, 6.07) is 0. The summed E-state index contributed by atoms with van der Waals surface area (Å²) in [6.45, 7) is 4.97. The number of aromatic nitrogens is 2. The first-order valence-electron chi connectivity index (χ1n) is 8.74. The molecule has 118 valence electrons. The maximum atomic E-state index is 6.50. The SMILES string of the molecule is CCCCn1c(C2CCCC2)nc(C2CCOCC2)c1N. The van der Waals surface area contributed by atoms with Crippen LogP contribution in [0.4, 0.5) is 5.82 Å². The highest BCUT2D eigenvalue weighted by Crippen LogP contribution is 2.38. The number of anilines is 1. The summed E-state index contributed by atoms with van der Waals surface area (Å²) in [5, 5.41) is 0. The van der Waals surface area contributed by atoms with E-state index in [1.165, 1.54) is 44.3 Å². The van der Waals surface area contributed by atoms with Crippen molar-refractivity contribution in [3.05, 3.63) is 11.5 Å². The van der Waals surface area contributed by atoms with Crippen molar-refractivity contribution in [2.24, 2.45) is 0 Å². The molecule has 1 aromatic heterocycles. The fraction of sp³-hybridized carbons (Fsp3) is 0.824. The van der Waals surface area contributed by atoms with Crippen LogP contribution < -0.4 is 5.73 Å². The van der Waals surface area contributed by atoms with E-state index in [0.29, 0.717) is 11.8 Å². The summed E-state index contributed by atoms with van der Waals surface area (Å²) in [4.78, 5) is 5.05. The van der Waals surface area contributed by atoms with Crippen LogP contribution in [-0.4, -0.2) is 22.8 Å². The van der Waals surface area contributed by atoms with E-state index < -0.39 is 0 Å². The van der Waals surface area contributed by atoms with Crippen LogP contribution in [0.2, 0.25) is 0 Å². The van der Waals surface area contributed by atoms with E-state index in [-0.39, 0.29) is 0 Å². The van der Waals surface area contributed by atoms with E-state index in [2.05, 4.69) is 11.5 Å². The molecule has 2 N–H and O–H groups in total. The fourth-order valence-corrected chi connectivity index (χ4v) is 3.82. The van der Waals surface area contributed by atoms with Gasteiger partial charge in [0.15, 0.2) is 0 Å². The van der Waals surface area contributed by atoms with Gasteiger partial charge in [-0.1, -0.05) is 26.2 Å². The van der Waals surface area contributed by atoms with Crippen molar-refractivity contribution in [2.45, 2.75) is 76.7 Å². The third-order valence-electron chi connectivity index (χ3n) is 5.13. The molecule has 1 aliphatic heterocycles. The van der Waals surface area contributed by atoms with E-state index in [4.69, 9.17) is 15.5 Å². The predicted molar refractivity (Wildman–Crippen MR) is 85.6 cm³/mol. The summed E-state index contributed by atoms with van der Waals surface area (Å²) >= 11 is 0. The smallest absolute Gasteiger partial charge is 0.127 e. The van der Waals surface area contributed by atoms with Gasteiger partial charge in [-0.15, -0.1) is 0 Å². The van der Waals surface area contributed by atoms with Crippen LogP contribution in [0.3, 0.4) is 0 Å². The second kappa shape index (κ2) is 6.82. The van der Waals surface area contributed by atoms with Crippen molar-refractivity contribution >= 4 is 5.82 Å². The molecule has 1 aromatic rings. The van der Waals surface area contributed by atoms with Gasteiger partial charge >= 0.3 is 0 Å². The summed E-state index contributed by atoms with van der Waals surface area (Å²) in [5.41, 5.74) is 7.67. The molecule has 0 amide bonds. The van der Waals surface area contributed by atoms with Crippen LogP contribution in [-0.2, 0) is 11.3 Å². The average Bonchev–Trinajstić information content (AvgIpc) is 3.14. The lowest BCUT2D eigenvalue weighted by Gasteiger charge is -2.21. The molecule has 0 radical (unpaired) electrons. The highest BCUT2D eigenvalue weighted by atomic mass is 16.5. The second-order valence-corrected chi connectivity index (χ2v) is 6.61. The van der Waals surface area contributed by atoms with Crippen molar-refractivity contribution in [2.75, 3.05) is 18.9 Å². The van der Waals surface area contributed by atoms with Crippen molar-refractivity contribution in [1.29, 1.82) is 0 Å². The number of nitrogen functional groups attached to an aromatic ring is 1. The molecular formula is C17H29N3O. The Hall–Kier alpha value is -1.03. The molecule has 4 heteroatoms. The van der Waals surface area contributed by atoms with Gasteiger partial charge in [-0.2, -0.15) is 0 Å². The van der Waals surface area contributed by atoms with E-state index >= 15 is 0 Å². The van der Waals surface area contributed by atoms with Crippen molar-refractivity contribution in [3.8, 4) is 0 Å². The minimum atomic E-state index is 0.502. The number of unbranched alkanes of at least 4 members (excludes halogenated alkanes) is 1. The molecule has 1 saturated carbocycles. The van der Waals surface area contributed by atoms with Gasteiger partial charge in [0.05, 0.1) is 5.69 Å². The molecule has 0 unspecified atom stereocenters. The first-order chi connectivity index (χ1) is 10.3. The number of nitrogens with two attached hydrogens (primary N) is 1. The van der Waals surface area contributed by atoms with E-state index in [1.807, 2.05) is 0 Å². The zero-order valence-corrected chi connectivity index (χ0v) is 13.3. The minimum Gasteiger partial charge on any atom is -0.384 e. The quantitative estimate of drug-likeness (QED) is 0.897. The Morgan fingerprint density at radius 1 is 1.14 bits per heavy atom. The Balaban J connectivity index is 1.88. The number of ether oxygens (including phenoxy) is 1. The normalized spacial score (nSPS) is 21.2. The lowest BCUT2D eigenvalue weighted by Crippen LogP contribution is -2.16. The molecule has 0 aromatic carbocycles. The molecule has 1 aliphatic carbocycles. The van der Waals surface area contributed by atoms with Crippen LogP contribution in [0, 0.1) is 0 Å². The first-order valence-corrected chi connectivity index (χ1v) is 8.74. The molecular weight excluding hydrogens is 262 g/mol. The molecule has 0 atom stereocenters. The maximum Gasteiger partial charge on any atom is 0.127 e. The number of nitrogens with zero attached hydrogens (tertiary/aromatic N) is 2. The Morgan fingerprint density at radius 3 is 2.52 bits per heavy atom. The van der Waals surface area contributed by atoms with E-state index in [0.717, 1.165) is 44.1 Å². The monoisotopic (exact) mass is 291 g/mol. The standard InChI is InChI=1S/C17H29N3O/c1-2-3-10-20-16(18)15(13-8-11-21-12-9-13)19-17(20)14-6-4-5-7-14/h13-14H,2-12,18H2,1H3. The van der Waals surface area contributed by atoms with E-state index in [1.54, 1.807) is 0 Å². The number of hydrogen-bond acceptors (Lipinski definition) is 3. The summed E-state index contributed by atoms with van der Waals surface area (Å²) in [6.07, 6.45) is 9.79. The van der Waals surface area contributed by atoms with Crippen LogP contribution in [0.5, 0.6) is 0 Å². The fourth-order valence-electron chi connectivity index (χ4n) is 3.82. The summed E-state index contributed by atoms with van der Waals surface area (Å²) in [7, 11) is 0. The molecule has 1 saturated heterocycles. The zero-order chi connectivity index (χ0) is 14.7. The number of imidazole rings is 1. The first kappa shape index (κ1) is 14.9. The van der Waals surface area contributed by atoms with Gasteiger partial charge in [-0.05, 0) is 32.1 Å². The molecule has 0 spiro atoms. The zero-order valence-electron chi connectivity index (χ0n) is 13.3. The number of rotatable bonds is 5. The Morgan fingerprint density at radius 2 is 1.86 bits per heavy atom. The third-order valence-corrected chi connectivity index (χ3v) is 5.13. The summed E-state index contributed by atoms with van der Waals surface area (Å²) in [5.74, 6) is 3.36. The van der Waals surface area contributed by atoms with Gasteiger partial charge in [-0.3, -0.25) is 0 Å². The molecule has 21 heavy (non-hydrogen) atoms. The van der Waals surface area contributed by atoms with Crippen molar-refractivity contribution in [1.82, 2.24) is 9.55 Å². The number of hydrogen-bond donors (Lipinski definition) is 1. The van der Waals surface area contributed by atoms with Gasteiger partial charge in [0, 0.05) is 31.6 Å². The molecule has 0 bridgehead atoms. The van der Waals surface area contributed by atoms with Crippen molar-refractivity contribution < 1.29 is 4.74 Å². The third kappa shape index (κ3) is 3.10. The highest BCUT2D eigenvalue weighted by Gasteiger charge is 2.28. The van der Waals surface area contributed by atoms with Crippen LogP contribution in [0.1, 0.15) is 81.6 Å². The lowest BCUT2D eigenvalue weighted by atomic mass is 9.96. The minimum absolute atomic E-state index is 0.502. The Kier molecular flexibility index (Phi) is 4.84. The molecule has 4 nitrogen and oxygen atoms in total. The predicted octanol–water partition coefficient (Wildman–Crippen LogP) is 3.82. The maximum absolute atomic E-state index is 6.50. The van der Waals surface area contributed by atoms with Gasteiger partial charge in [0.2, 0.25) is 0 Å². The van der Waals surface area contributed by atoms with Gasteiger partial charge in [0.1, 0.15) is 11.6 Å². The molecule has 2 aliphatic rings. The van der Waals surface area contributed by atoms with Crippen LogP contribution >= 0.6 is 0 Å². The Labute approximate surface area is 128 Å². The largest absolute Gasteiger partial charge is 0.384 e. The van der Waals surface area contributed by atoms with Crippen molar-refractivity contribution in [3.63, 3.8) is 0 Å². The van der Waals surface area contributed by atoms with E-state index in [9.17, 15) is 0 Å². The van der Waals surface area contributed by atoms with Gasteiger partial charge in [0.25, 0.3) is 0 Å². The molecule has 2 heterocycles. The van der Waals surface area contributed by atoms with Gasteiger partial charge < -0.3 is 15.0 Å².